The summed E-state index contributed by atoms with van der Waals surface area (Å²) in [7, 11) is 0. The first-order valence-electron chi connectivity index (χ1n) is 8.55. The summed E-state index contributed by atoms with van der Waals surface area (Å²) in [6.07, 6.45) is 0.434. The molecule has 148 valence electrons. The minimum absolute atomic E-state index is 0.161. The van der Waals surface area contributed by atoms with E-state index in [0.29, 0.717) is 22.4 Å². The standard InChI is InChI=1S/C20H20ClFN2O4/c1-12-15(10-16(11-17(12)22)23-13(2)25)8-9-18(19(21)26)24-28-20(27)14-6-4-3-5-7-14/h3-7,10-11,18,24H,8-9H2,1-2H3,(H,23,25). The van der Waals surface area contributed by atoms with Crippen molar-refractivity contribution >= 4 is 34.4 Å². The molecule has 0 aliphatic rings. The largest absolute Gasteiger partial charge is 0.366 e. The smallest absolute Gasteiger partial charge is 0.356 e. The monoisotopic (exact) mass is 406 g/mol. The molecule has 0 spiro atoms. The van der Waals surface area contributed by atoms with Crippen molar-refractivity contribution < 1.29 is 23.6 Å². The third kappa shape index (κ3) is 6.14. The molecule has 0 radical (unpaired) electrons. The summed E-state index contributed by atoms with van der Waals surface area (Å²) >= 11 is 5.59. The minimum Gasteiger partial charge on any atom is -0.366 e. The molecule has 0 aromatic heterocycles. The van der Waals surface area contributed by atoms with E-state index in [1.54, 1.807) is 43.3 Å². The average molecular weight is 407 g/mol. The van der Waals surface area contributed by atoms with Crippen LogP contribution in [-0.4, -0.2) is 23.2 Å². The van der Waals surface area contributed by atoms with Crippen LogP contribution >= 0.6 is 11.6 Å². The van der Waals surface area contributed by atoms with Gasteiger partial charge in [0.15, 0.2) is 0 Å². The van der Waals surface area contributed by atoms with Gasteiger partial charge in [-0.1, -0.05) is 18.2 Å². The van der Waals surface area contributed by atoms with E-state index in [0.717, 1.165) is 0 Å². The Morgan fingerprint density at radius 2 is 1.86 bits per heavy atom. The number of nitrogens with one attached hydrogen (secondary N) is 2. The third-order valence-electron chi connectivity index (χ3n) is 4.05. The number of carbonyl (C=O) groups is 3. The first-order valence-corrected chi connectivity index (χ1v) is 8.93. The maximum Gasteiger partial charge on any atom is 0.356 e. The highest BCUT2D eigenvalue weighted by molar-refractivity contribution is 6.64. The molecule has 0 saturated heterocycles. The lowest BCUT2D eigenvalue weighted by atomic mass is 10.00. The van der Waals surface area contributed by atoms with E-state index in [9.17, 15) is 18.8 Å². The number of carbonyl (C=O) groups excluding carboxylic acids is 3. The fourth-order valence-electron chi connectivity index (χ4n) is 2.55. The van der Waals surface area contributed by atoms with Crippen molar-refractivity contribution in [3.63, 3.8) is 0 Å². The Bertz CT molecular complexity index is 874. The predicted octanol–water partition coefficient (Wildman–Crippen LogP) is 3.52. The lowest BCUT2D eigenvalue weighted by Gasteiger charge is -2.16. The first kappa shape index (κ1) is 21.5. The van der Waals surface area contributed by atoms with Gasteiger partial charge in [0.05, 0.1) is 5.56 Å². The molecule has 6 nitrogen and oxygen atoms in total. The Kier molecular flexibility index (Phi) is 7.66. The number of amides is 1. The van der Waals surface area contributed by atoms with E-state index in [-0.39, 0.29) is 18.7 Å². The van der Waals surface area contributed by atoms with Gasteiger partial charge in [0.25, 0.3) is 0 Å². The van der Waals surface area contributed by atoms with Crippen LogP contribution in [0.5, 0.6) is 0 Å². The lowest BCUT2D eigenvalue weighted by Crippen LogP contribution is -2.36. The van der Waals surface area contributed by atoms with Crippen molar-refractivity contribution in [2.75, 3.05) is 5.32 Å². The van der Waals surface area contributed by atoms with Crippen molar-refractivity contribution in [3.8, 4) is 0 Å². The highest BCUT2D eigenvalue weighted by atomic mass is 35.5. The van der Waals surface area contributed by atoms with Crippen LogP contribution in [0.1, 0.15) is 34.8 Å². The van der Waals surface area contributed by atoms with E-state index in [1.807, 2.05) is 0 Å². The number of anilines is 1. The Labute approximate surface area is 167 Å². The maximum atomic E-state index is 14.1. The highest BCUT2D eigenvalue weighted by Gasteiger charge is 2.20. The Morgan fingerprint density at radius 1 is 1.18 bits per heavy atom. The second kappa shape index (κ2) is 9.96. The van der Waals surface area contributed by atoms with Gasteiger partial charge < -0.3 is 10.2 Å². The van der Waals surface area contributed by atoms with Crippen molar-refractivity contribution in [3.05, 3.63) is 65.0 Å². The summed E-state index contributed by atoms with van der Waals surface area (Å²) in [6, 6.07) is 10.1. The molecular weight excluding hydrogens is 387 g/mol. The van der Waals surface area contributed by atoms with Crippen LogP contribution in [0.3, 0.4) is 0 Å². The van der Waals surface area contributed by atoms with Crippen LogP contribution < -0.4 is 10.8 Å². The zero-order valence-corrected chi connectivity index (χ0v) is 16.2. The van der Waals surface area contributed by atoms with Gasteiger partial charge in [-0.05, 0) is 66.8 Å². The maximum absolute atomic E-state index is 14.1. The summed E-state index contributed by atoms with van der Waals surface area (Å²) in [5.74, 6) is -1.45. The van der Waals surface area contributed by atoms with Crippen molar-refractivity contribution in [1.82, 2.24) is 5.48 Å². The second-order valence-corrected chi connectivity index (χ2v) is 6.56. The third-order valence-corrected chi connectivity index (χ3v) is 4.32. The van der Waals surface area contributed by atoms with Gasteiger partial charge in [-0.3, -0.25) is 9.59 Å². The first-order chi connectivity index (χ1) is 13.3. The molecule has 1 amide bonds. The molecule has 0 fully saturated rings. The number of aryl methyl sites for hydroxylation is 1. The molecule has 0 aliphatic carbocycles. The molecule has 1 unspecified atom stereocenters. The van der Waals surface area contributed by atoms with E-state index in [4.69, 9.17) is 16.4 Å². The number of hydrogen-bond acceptors (Lipinski definition) is 5. The Morgan fingerprint density at radius 3 is 2.46 bits per heavy atom. The number of hydroxylamine groups is 1. The molecular formula is C20H20ClFN2O4. The van der Waals surface area contributed by atoms with Gasteiger partial charge in [-0.2, -0.15) is 0 Å². The van der Waals surface area contributed by atoms with Crippen LogP contribution in [0, 0.1) is 12.7 Å². The van der Waals surface area contributed by atoms with Gasteiger partial charge in [-0.15, -0.1) is 5.48 Å². The zero-order chi connectivity index (χ0) is 20.7. The molecule has 2 aromatic rings. The van der Waals surface area contributed by atoms with Gasteiger partial charge in [-0.25, -0.2) is 9.18 Å². The number of benzene rings is 2. The van der Waals surface area contributed by atoms with E-state index >= 15 is 0 Å². The molecule has 0 bridgehead atoms. The normalized spacial score (nSPS) is 11.6. The van der Waals surface area contributed by atoms with Gasteiger partial charge >= 0.3 is 5.97 Å². The van der Waals surface area contributed by atoms with Crippen LogP contribution in [0.2, 0.25) is 0 Å². The summed E-state index contributed by atoms with van der Waals surface area (Å²) < 4.78 is 14.1. The molecule has 28 heavy (non-hydrogen) atoms. The van der Waals surface area contributed by atoms with Gasteiger partial charge in [0.2, 0.25) is 11.1 Å². The molecule has 0 aliphatic heterocycles. The van der Waals surface area contributed by atoms with E-state index < -0.39 is 23.1 Å². The number of hydrogen-bond donors (Lipinski definition) is 2. The average Bonchev–Trinajstić information content (AvgIpc) is 2.65. The SMILES string of the molecule is CC(=O)Nc1cc(F)c(C)c(CCC(NOC(=O)c2ccccc2)C(=O)Cl)c1. The molecule has 2 N–H and O–H groups in total. The fourth-order valence-corrected chi connectivity index (χ4v) is 2.70. The summed E-state index contributed by atoms with van der Waals surface area (Å²) in [6.45, 7) is 2.92. The van der Waals surface area contributed by atoms with Crippen molar-refractivity contribution in [2.24, 2.45) is 0 Å². The molecule has 0 saturated carbocycles. The highest BCUT2D eigenvalue weighted by Crippen LogP contribution is 2.21. The van der Waals surface area contributed by atoms with E-state index in [1.165, 1.54) is 13.0 Å². The summed E-state index contributed by atoms with van der Waals surface area (Å²) in [5, 5.41) is 1.79. The summed E-state index contributed by atoms with van der Waals surface area (Å²) in [4.78, 5) is 39.8. The fraction of sp³-hybridized carbons (Fsp3) is 0.250. The van der Waals surface area contributed by atoms with Crippen LogP contribution in [0.4, 0.5) is 10.1 Å². The minimum atomic E-state index is -0.971. The topological polar surface area (TPSA) is 84.5 Å². The number of halogens is 2. The molecule has 0 heterocycles. The predicted molar refractivity (Wildman–Crippen MR) is 103 cm³/mol. The lowest BCUT2D eigenvalue weighted by molar-refractivity contribution is -0.116. The molecule has 8 heteroatoms. The summed E-state index contributed by atoms with van der Waals surface area (Å²) in [5.41, 5.74) is 4.01. The van der Waals surface area contributed by atoms with Crippen LogP contribution in [0.15, 0.2) is 42.5 Å². The van der Waals surface area contributed by atoms with Crippen molar-refractivity contribution in [2.45, 2.75) is 32.7 Å². The zero-order valence-electron chi connectivity index (χ0n) is 15.4. The van der Waals surface area contributed by atoms with Gasteiger partial charge in [0, 0.05) is 12.6 Å². The Balaban J connectivity index is 2.03. The van der Waals surface area contributed by atoms with E-state index in [2.05, 4.69) is 10.8 Å². The van der Waals surface area contributed by atoms with Crippen LogP contribution in [-0.2, 0) is 20.8 Å². The quantitative estimate of drug-likeness (QED) is 0.517. The molecule has 1 atom stereocenters. The second-order valence-electron chi connectivity index (χ2n) is 6.19. The molecule has 2 aromatic carbocycles. The number of rotatable bonds is 8. The molecule has 2 rings (SSSR count). The van der Waals surface area contributed by atoms with Crippen LogP contribution in [0.25, 0.3) is 0 Å². The van der Waals surface area contributed by atoms with Gasteiger partial charge in [0.1, 0.15) is 11.9 Å². The van der Waals surface area contributed by atoms with Crippen molar-refractivity contribution in [1.29, 1.82) is 0 Å². The Hall–Kier alpha value is -2.77.